The van der Waals surface area contributed by atoms with E-state index in [1.165, 1.54) is 5.56 Å². The zero-order valence-electron chi connectivity index (χ0n) is 23.9. The topological polar surface area (TPSA) is 89.1 Å². The first-order valence-electron chi connectivity index (χ1n) is 14.5. The van der Waals surface area contributed by atoms with Gasteiger partial charge >= 0.3 is 5.97 Å². The molecular formula is C34H34ClN3O5. The van der Waals surface area contributed by atoms with E-state index >= 15 is 0 Å². The molecule has 0 saturated carbocycles. The maximum atomic E-state index is 13.7. The number of benzene rings is 3. The summed E-state index contributed by atoms with van der Waals surface area (Å²) in [4.78, 5) is 29.8. The third-order valence-electron chi connectivity index (χ3n) is 7.95. The number of anilines is 2. The molecule has 2 N–H and O–H groups in total. The van der Waals surface area contributed by atoms with Crippen molar-refractivity contribution in [3.05, 3.63) is 118 Å². The minimum Gasteiger partial charge on any atom is -0.463 e. The van der Waals surface area contributed by atoms with E-state index in [2.05, 4.69) is 39.8 Å². The van der Waals surface area contributed by atoms with Crippen LogP contribution in [-0.4, -0.2) is 61.4 Å². The molecule has 1 amide bonds. The second kappa shape index (κ2) is 12.7. The highest BCUT2D eigenvalue weighted by atomic mass is 35.5. The molecule has 222 valence electrons. The van der Waals surface area contributed by atoms with Gasteiger partial charge < -0.3 is 24.8 Å². The second-order valence-corrected chi connectivity index (χ2v) is 11.2. The SMILES string of the molecule is CCOC(=O)C1=C(C(=O)Nc2ccc(Cl)cc2)C2C=CC1(C(Nc1ccccc1)c1ccc(CN3CCOCC3)cc1)O2. The average molecular weight is 600 g/mol. The molecule has 8 nitrogen and oxygen atoms in total. The van der Waals surface area contributed by atoms with Crippen molar-refractivity contribution in [1.82, 2.24) is 4.90 Å². The van der Waals surface area contributed by atoms with E-state index in [1.807, 2.05) is 42.5 Å². The smallest absolute Gasteiger partial charge is 0.337 e. The molecule has 0 spiro atoms. The van der Waals surface area contributed by atoms with Crippen LogP contribution in [0.25, 0.3) is 0 Å². The monoisotopic (exact) mass is 599 g/mol. The van der Waals surface area contributed by atoms with Crippen LogP contribution in [0.15, 0.2) is 102 Å². The molecule has 3 heterocycles. The lowest BCUT2D eigenvalue weighted by molar-refractivity contribution is -0.140. The summed E-state index contributed by atoms with van der Waals surface area (Å²) in [5.74, 6) is -1.01. The number of rotatable bonds is 10. The fourth-order valence-electron chi connectivity index (χ4n) is 5.90. The Morgan fingerprint density at radius 1 is 1.00 bits per heavy atom. The Morgan fingerprint density at radius 3 is 2.42 bits per heavy atom. The highest BCUT2D eigenvalue weighted by Gasteiger charge is 2.58. The maximum Gasteiger partial charge on any atom is 0.337 e. The van der Waals surface area contributed by atoms with Gasteiger partial charge in [0.05, 0.1) is 37.0 Å². The summed E-state index contributed by atoms with van der Waals surface area (Å²) in [6, 6.07) is 24.3. The average Bonchev–Trinajstić information content (AvgIpc) is 3.61. The fraction of sp³-hybridized carbons (Fsp3) is 0.294. The van der Waals surface area contributed by atoms with Gasteiger partial charge in [0.25, 0.3) is 5.91 Å². The molecule has 0 aliphatic carbocycles. The van der Waals surface area contributed by atoms with Gasteiger partial charge in [-0.05, 0) is 60.5 Å². The van der Waals surface area contributed by atoms with Crippen LogP contribution in [0.5, 0.6) is 0 Å². The van der Waals surface area contributed by atoms with E-state index in [0.717, 1.165) is 44.1 Å². The number of halogens is 1. The summed E-state index contributed by atoms with van der Waals surface area (Å²) in [6.45, 7) is 6.01. The number of nitrogens with zero attached hydrogens (tertiary/aromatic N) is 1. The third-order valence-corrected chi connectivity index (χ3v) is 8.20. The first kappa shape index (κ1) is 29.1. The number of fused-ring (bicyclic) bond motifs is 2. The van der Waals surface area contributed by atoms with Gasteiger partial charge in [0.2, 0.25) is 0 Å². The molecule has 0 aromatic heterocycles. The molecule has 1 saturated heterocycles. The van der Waals surface area contributed by atoms with Gasteiger partial charge in [-0.15, -0.1) is 0 Å². The maximum absolute atomic E-state index is 13.7. The van der Waals surface area contributed by atoms with Crippen molar-refractivity contribution in [2.75, 3.05) is 43.5 Å². The van der Waals surface area contributed by atoms with E-state index in [4.69, 9.17) is 25.8 Å². The predicted octanol–water partition coefficient (Wildman–Crippen LogP) is 5.53. The molecule has 3 aromatic carbocycles. The number of para-hydroxylation sites is 1. The lowest BCUT2D eigenvalue weighted by Crippen LogP contribution is -2.42. The molecule has 3 unspecified atom stereocenters. The Balaban J connectivity index is 1.39. The number of carbonyl (C=O) groups is 2. The van der Waals surface area contributed by atoms with Crippen LogP contribution in [0.4, 0.5) is 11.4 Å². The molecule has 43 heavy (non-hydrogen) atoms. The molecule has 0 radical (unpaired) electrons. The van der Waals surface area contributed by atoms with Crippen molar-refractivity contribution in [2.45, 2.75) is 31.2 Å². The molecule has 3 aliphatic rings. The minimum absolute atomic E-state index is 0.159. The quantitative estimate of drug-likeness (QED) is 0.234. The summed E-state index contributed by atoms with van der Waals surface area (Å²) >= 11 is 6.04. The van der Waals surface area contributed by atoms with E-state index in [-0.39, 0.29) is 17.8 Å². The van der Waals surface area contributed by atoms with E-state index in [9.17, 15) is 9.59 Å². The molecule has 3 atom stereocenters. The number of nitrogens with one attached hydrogen (secondary N) is 2. The lowest BCUT2D eigenvalue weighted by atomic mass is 9.78. The fourth-order valence-corrected chi connectivity index (χ4v) is 6.02. The predicted molar refractivity (Wildman–Crippen MR) is 166 cm³/mol. The van der Waals surface area contributed by atoms with Crippen molar-refractivity contribution >= 4 is 34.9 Å². The van der Waals surface area contributed by atoms with Gasteiger partial charge in [-0.3, -0.25) is 9.69 Å². The van der Waals surface area contributed by atoms with Gasteiger partial charge in [0.1, 0.15) is 11.7 Å². The van der Waals surface area contributed by atoms with Gasteiger partial charge in [-0.1, -0.05) is 60.1 Å². The van der Waals surface area contributed by atoms with Crippen LogP contribution in [0.1, 0.15) is 24.1 Å². The number of hydrogen-bond acceptors (Lipinski definition) is 7. The number of hydrogen-bond donors (Lipinski definition) is 2. The minimum atomic E-state index is -1.29. The number of carbonyl (C=O) groups excluding carboxylic acids is 2. The van der Waals surface area contributed by atoms with Crippen molar-refractivity contribution in [1.29, 1.82) is 0 Å². The van der Waals surface area contributed by atoms with Crippen molar-refractivity contribution < 1.29 is 23.8 Å². The van der Waals surface area contributed by atoms with Gasteiger partial charge in [-0.25, -0.2) is 4.79 Å². The number of amides is 1. The zero-order valence-corrected chi connectivity index (χ0v) is 24.7. The Bertz CT molecular complexity index is 1520. The molecular weight excluding hydrogens is 566 g/mol. The van der Waals surface area contributed by atoms with E-state index in [0.29, 0.717) is 10.7 Å². The summed E-state index contributed by atoms with van der Waals surface area (Å²) in [6.07, 6.45) is 3.00. The van der Waals surface area contributed by atoms with Crippen LogP contribution in [0.3, 0.4) is 0 Å². The Morgan fingerprint density at radius 2 is 1.72 bits per heavy atom. The van der Waals surface area contributed by atoms with Crippen molar-refractivity contribution in [3.8, 4) is 0 Å². The van der Waals surface area contributed by atoms with E-state index in [1.54, 1.807) is 31.2 Å². The van der Waals surface area contributed by atoms with Crippen LogP contribution in [0, 0.1) is 0 Å². The molecule has 6 rings (SSSR count). The van der Waals surface area contributed by atoms with Gasteiger partial charge in [0, 0.05) is 36.0 Å². The normalized spacial score (nSPS) is 22.0. The first-order valence-corrected chi connectivity index (χ1v) is 14.9. The number of morpholine rings is 1. The highest BCUT2D eigenvalue weighted by molar-refractivity contribution is 6.30. The third kappa shape index (κ3) is 6.10. The van der Waals surface area contributed by atoms with Gasteiger partial charge in [-0.2, -0.15) is 0 Å². The zero-order chi connectivity index (χ0) is 29.8. The number of esters is 1. The molecule has 2 bridgehead atoms. The summed E-state index contributed by atoms with van der Waals surface area (Å²) < 4.78 is 17.6. The van der Waals surface area contributed by atoms with Crippen molar-refractivity contribution in [3.63, 3.8) is 0 Å². The number of ether oxygens (including phenoxy) is 3. The second-order valence-electron chi connectivity index (χ2n) is 10.7. The summed E-state index contributed by atoms with van der Waals surface area (Å²) in [5, 5.41) is 7.07. The first-order chi connectivity index (χ1) is 21.0. The summed E-state index contributed by atoms with van der Waals surface area (Å²) in [5.41, 5.74) is 2.63. The lowest BCUT2D eigenvalue weighted by Gasteiger charge is -2.36. The van der Waals surface area contributed by atoms with Crippen molar-refractivity contribution in [2.24, 2.45) is 0 Å². The Labute approximate surface area is 256 Å². The molecule has 3 aromatic rings. The highest BCUT2D eigenvalue weighted by Crippen LogP contribution is 2.51. The van der Waals surface area contributed by atoms with Crippen LogP contribution < -0.4 is 10.6 Å². The molecule has 1 fully saturated rings. The standard InChI is InChI=1S/C34H34ClN3O5/c1-2-42-33(40)30-29(32(39)37-27-14-12-25(35)13-15-27)28-16-17-34(30,43-28)31(36-26-6-4-3-5-7-26)24-10-8-23(9-11-24)22-38-18-20-41-21-19-38/h3-17,28,31,36H,2,18-22H2,1H3,(H,37,39). The molecule has 3 aliphatic heterocycles. The summed E-state index contributed by atoms with van der Waals surface area (Å²) in [7, 11) is 0. The van der Waals surface area contributed by atoms with Crippen LogP contribution in [-0.2, 0) is 30.3 Å². The Kier molecular flexibility index (Phi) is 8.63. The Hall–Kier alpha value is -3.95. The van der Waals surface area contributed by atoms with Gasteiger partial charge in [0.15, 0.2) is 0 Å². The van der Waals surface area contributed by atoms with E-state index < -0.39 is 29.6 Å². The largest absolute Gasteiger partial charge is 0.463 e. The van der Waals surface area contributed by atoms with Crippen LogP contribution >= 0.6 is 11.6 Å². The van der Waals surface area contributed by atoms with Crippen LogP contribution in [0.2, 0.25) is 5.02 Å². The molecule has 9 heteroatoms.